The number of pyridine rings is 1. The summed E-state index contributed by atoms with van der Waals surface area (Å²) in [6.45, 7) is 5.63. The Balaban J connectivity index is 1.65. The molecule has 1 aromatic rings. The number of fused-ring (bicyclic) bond motifs is 1. The van der Waals surface area contributed by atoms with Gasteiger partial charge in [0.05, 0.1) is 0 Å². The highest BCUT2D eigenvalue weighted by atomic mass is 16.5. The number of aryl methyl sites for hydroxylation is 1. The molecular formula is C13H18N2O. The molecule has 86 valence electrons. The summed E-state index contributed by atoms with van der Waals surface area (Å²) in [5.74, 6) is 0.856. The van der Waals surface area contributed by atoms with E-state index in [1.165, 1.54) is 37.1 Å². The number of hydrogen-bond acceptors (Lipinski definition) is 3. The van der Waals surface area contributed by atoms with Crippen LogP contribution in [0.2, 0.25) is 0 Å². The van der Waals surface area contributed by atoms with Gasteiger partial charge in [-0.3, -0.25) is 4.90 Å². The molecule has 16 heavy (non-hydrogen) atoms. The van der Waals surface area contributed by atoms with E-state index in [0.29, 0.717) is 6.10 Å². The zero-order valence-corrected chi connectivity index (χ0v) is 9.78. The fourth-order valence-electron chi connectivity index (χ4n) is 2.67. The molecule has 0 aliphatic carbocycles. The molecule has 0 spiro atoms. The Morgan fingerprint density at radius 2 is 2.25 bits per heavy atom. The fourth-order valence-corrected chi connectivity index (χ4v) is 2.67. The number of ether oxygens (including phenoxy) is 1. The highest BCUT2D eigenvalue weighted by molar-refractivity contribution is 5.33. The van der Waals surface area contributed by atoms with Gasteiger partial charge in [-0.15, -0.1) is 0 Å². The maximum Gasteiger partial charge on any atom is 0.216 e. The molecule has 2 aliphatic heterocycles. The summed E-state index contributed by atoms with van der Waals surface area (Å²) >= 11 is 0. The second kappa shape index (κ2) is 4.06. The van der Waals surface area contributed by atoms with Crippen molar-refractivity contribution in [1.82, 2.24) is 9.88 Å². The Morgan fingerprint density at radius 3 is 3.06 bits per heavy atom. The lowest BCUT2D eigenvalue weighted by atomic mass is 10.1. The quantitative estimate of drug-likeness (QED) is 0.756. The Kier molecular flexibility index (Phi) is 2.56. The minimum Gasteiger partial charge on any atom is -0.472 e. The number of rotatable bonds is 2. The molecule has 1 saturated heterocycles. The molecule has 3 heteroatoms. The van der Waals surface area contributed by atoms with Crippen LogP contribution in [0.4, 0.5) is 0 Å². The molecule has 3 heterocycles. The van der Waals surface area contributed by atoms with Crippen LogP contribution in [0.5, 0.6) is 5.88 Å². The molecule has 1 unspecified atom stereocenters. The Morgan fingerprint density at radius 1 is 1.44 bits per heavy atom. The van der Waals surface area contributed by atoms with Gasteiger partial charge in [0.2, 0.25) is 5.88 Å². The fraction of sp³-hybridized carbons (Fsp3) is 0.615. The van der Waals surface area contributed by atoms with Crippen LogP contribution in [0.1, 0.15) is 24.0 Å². The van der Waals surface area contributed by atoms with E-state index in [-0.39, 0.29) is 0 Å². The number of likely N-dealkylation sites (tertiary alicyclic amines) is 1. The van der Waals surface area contributed by atoms with Crippen molar-refractivity contribution in [2.24, 2.45) is 0 Å². The van der Waals surface area contributed by atoms with E-state index in [2.05, 4.69) is 22.9 Å². The molecule has 1 atom stereocenters. The summed E-state index contributed by atoms with van der Waals surface area (Å²) in [7, 11) is 0. The summed E-state index contributed by atoms with van der Waals surface area (Å²) in [6, 6.07) is 2.20. The van der Waals surface area contributed by atoms with Crippen LogP contribution < -0.4 is 4.74 Å². The molecule has 0 amide bonds. The van der Waals surface area contributed by atoms with Crippen molar-refractivity contribution in [2.45, 2.75) is 32.3 Å². The molecule has 1 aromatic heterocycles. The summed E-state index contributed by atoms with van der Waals surface area (Å²) < 4.78 is 5.87. The molecule has 0 N–H and O–H groups in total. The van der Waals surface area contributed by atoms with Crippen LogP contribution in [0.15, 0.2) is 12.3 Å². The van der Waals surface area contributed by atoms with E-state index in [1.807, 2.05) is 6.20 Å². The third-order valence-electron chi connectivity index (χ3n) is 3.45. The molecule has 0 bridgehead atoms. The Hall–Kier alpha value is -1.09. The molecule has 0 aromatic carbocycles. The third-order valence-corrected chi connectivity index (χ3v) is 3.45. The first kappa shape index (κ1) is 10.1. The standard InChI is InChI=1S/C13H18N2O/c1-10-6-11-7-12(16-13(11)14-8-10)9-15-4-2-3-5-15/h6,8,12H,2-5,7,9H2,1H3. The first-order valence-electron chi connectivity index (χ1n) is 6.16. The first-order chi connectivity index (χ1) is 7.81. The highest BCUT2D eigenvalue weighted by Crippen LogP contribution is 2.27. The van der Waals surface area contributed by atoms with Gasteiger partial charge in [0.15, 0.2) is 0 Å². The smallest absolute Gasteiger partial charge is 0.216 e. The monoisotopic (exact) mass is 218 g/mol. The van der Waals surface area contributed by atoms with Crippen LogP contribution in [-0.4, -0.2) is 35.6 Å². The van der Waals surface area contributed by atoms with Crippen molar-refractivity contribution in [3.05, 3.63) is 23.4 Å². The van der Waals surface area contributed by atoms with Gasteiger partial charge >= 0.3 is 0 Å². The van der Waals surface area contributed by atoms with E-state index in [9.17, 15) is 0 Å². The van der Waals surface area contributed by atoms with Crippen molar-refractivity contribution >= 4 is 0 Å². The minimum atomic E-state index is 0.322. The van der Waals surface area contributed by atoms with E-state index in [4.69, 9.17) is 4.74 Å². The van der Waals surface area contributed by atoms with Gasteiger partial charge in [0.25, 0.3) is 0 Å². The van der Waals surface area contributed by atoms with Gasteiger partial charge in [-0.25, -0.2) is 4.98 Å². The average molecular weight is 218 g/mol. The number of hydrogen-bond donors (Lipinski definition) is 0. The zero-order chi connectivity index (χ0) is 11.0. The van der Waals surface area contributed by atoms with Gasteiger partial charge in [-0.05, 0) is 44.5 Å². The lowest BCUT2D eigenvalue weighted by molar-refractivity contribution is 0.164. The summed E-state index contributed by atoms with van der Waals surface area (Å²) in [5.41, 5.74) is 2.51. The lowest BCUT2D eigenvalue weighted by Crippen LogP contribution is -2.32. The highest BCUT2D eigenvalue weighted by Gasteiger charge is 2.26. The number of aromatic nitrogens is 1. The second-order valence-corrected chi connectivity index (χ2v) is 4.93. The molecule has 1 fully saturated rings. The van der Waals surface area contributed by atoms with Crippen molar-refractivity contribution in [3.8, 4) is 5.88 Å². The van der Waals surface area contributed by atoms with E-state index in [0.717, 1.165) is 18.8 Å². The SMILES string of the molecule is Cc1cnc2c(c1)CC(CN1CCCC1)O2. The minimum absolute atomic E-state index is 0.322. The van der Waals surface area contributed by atoms with Crippen molar-refractivity contribution < 1.29 is 4.74 Å². The average Bonchev–Trinajstić information content (AvgIpc) is 2.86. The summed E-state index contributed by atoms with van der Waals surface area (Å²) in [4.78, 5) is 6.85. The molecule has 0 saturated carbocycles. The lowest BCUT2D eigenvalue weighted by Gasteiger charge is -2.18. The van der Waals surface area contributed by atoms with Gasteiger partial charge in [0.1, 0.15) is 6.10 Å². The van der Waals surface area contributed by atoms with Crippen LogP contribution >= 0.6 is 0 Å². The van der Waals surface area contributed by atoms with Gasteiger partial charge in [0, 0.05) is 24.7 Å². The van der Waals surface area contributed by atoms with Gasteiger partial charge in [-0.1, -0.05) is 0 Å². The van der Waals surface area contributed by atoms with Gasteiger partial charge < -0.3 is 4.74 Å². The number of nitrogens with zero attached hydrogens (tertiary/aromatic N) is 2. The molecular weight excluding hydrogens is 200 g/mol. The van der Waals surface area contributed by atoms with Crippen LogP contribution in [0.25, 0.3) is 0 Å². The second-order valence-electron chi connectivity index (χ2n) is 4.93. The van der Waals surface area contributed by atoms with Crippen LogP contribution in [0, 0.1) is 6.92 Å². The van der Waals surface area contributed by atoms with Crippen molar-refractivity contribution in [2.75, 3.05) is 19.6 Å². The van der Waals surface area contributed by atoms with E-state index in [1.54, 1.807) is 0 Å². The Labute approximate surface area is 96.4 Å². The first-order valence-corrected chi connectivity index (χ1v) is 6.16. The molecule has 3 rings (SSSR count). The Bertz CT molecular complexity index is 386. The third kappa shape index (κ3) is 1.92. The largest absolute Gasteiger partial charge is 0.472 e. The van der Waals surface area contributed by atoms with Gasteiger partial charge in [-0.2, -0.15) is 0 Å². The predicted octanol–water partition coefficient (Wildman–Crippen LogP) is 1.79. The van der Waals surface area contributed by atoms with Crippen LogP contribution in [0.3, 0.4) is 0 Å². The molecule has 3 nitrogen and oxygen atoms in total. The van der Waals surface area contributed by atoms with E-state index >= 15 is 0 Å². The predicted molar refractivity (Wildman–Crippen MR) is 62.8 cm³/mol. The topological polar surface area (TPSA) is 25.4 Å². The molecule has 2 aliphatic rings. The summed E-state index contributed by atoms with van der Waals surface area (Å²) in [6.07, 6.45) is 5.92. The zero-order valence-electron chi connectivity index (χ0n) is 9.78. The maximum atomic E-state index is 5.87. The van der Waals surface area contributed by atoms with Crippen molar-refractivity contribution in [3.63, 3.8) is 0 Å². The normalized spacial score (nSPS) is 24.4. The maximum absolute atomic E-state index is 5.87. The van der Waals surface area contributed by atoms with E-state index < -0.39 is 0 Å². The van der Waals surface area contributed by atoms with Crippen molar-refractivity contribution in [1.29, 1.82) is 0 Å². The summed E-state index contributed by atoms with van der Waals surface area (Å²) in [5, 5.41) is 0. The molecule has 0 radical (unpaired) electrons. The van der Waals surface area contributed by atoms with Crippen LogP contribution in [-0.2, 0) is 6.42 Å².